The number of esters is 3. The SMILES string of the molecule is C=C(C)C(=O)OC(=O)CC=C(C)C(=O)OCC(=O)O[Si](CCCC)(CCCC)CCCC. The molecule has 0 heterocycles. The molecule has 0 aliphatic heterocycles. The standard InChI is InChI=1S/C24H40O7Si/c1-7-10-15-32(16-11-8-2,17-12-9-3)31-22(26)18-29-24(28)20(6)13-14-21(25)30-23(27)19(4)5/h13H,4,7-12,14-18H2,1-3,5-6H3. The molecule has 0 saturated carbocycles. The summed E-state index contributed by atoms with van der Waals surface area (Å²) in [5.74, 6) is -2.84. The fourth-order valence-corrected chi connectivity index (χ4v) is 7.68. The van der Waals surface area contributed by atoms with Crippen LogP contribution < -0.4 is 0 Å². The van der Waals surface area contributed by atoms with Gasteiger partial charge in [-0.25, -0.2) is 14.4 Å². The van der Waals surface area contributed by atoms with E-state index in [0.717, 1.165) is 56.7 Å². The van der Waals surface area contributed by atoms with Crippen molar-refractivity contribution in [3.63, 3.8) is 0 Å². The van der Waals surface area contributed by atoms with Crippen LogP contribution in [0, 0.1) is 0 Å². The zero-order valence-corrected chi connectivity index (χ0v) is 21.4. The lowest BCUT2D eigenvalue weighted by molar-refractivity contribution is -0.156. The van der Waals surface area contributed by atoms with Crippen LogP contribution in [0.1, 0.15) is 79.6 Å². The van der Waals surface area contributed by atoms with Crippen molar-refractivity contribution in [3.05, 3.63) is 23.8 Å². The molecule has 0 fully saturated rings. The highest BCUT2D eigenvalue weighted by atomic mass is 28.4. The third kappa shape index (κ3) is 12.6. The number of carbonyl (C=O) groups is 4. The van der Waals surface area contributed by atoms with Gasteiger partial charge in [-0.1, -0.05) is 72.0 Å². The average molecular weight is 469 g/mol. The third-order valence-electron chi connectivity index (χ3n) is 5.06. The fraction of sp³-hybridized carbons (Fsp3) is 0.667. The van der Waals surface area contributed by atoms with Gasteiger partial charge in [-0.3, -0.25) is 4.79 Å². The van der Waals surface area contributed by atoms with Crippen molar-refractivity contribution >= 4 is 32.2 Å². The first-order chi connectivity index (χ1) is 15.1. The summed E-state index contributed by atoms with van der Waals surface area (Å²) < 4.78 is 15.7. The summed E-state index contributed by atoms with van der Waals surface area (Å²) in [4.78, 5) is 47.6. The third-order valence-corrected chi connectivity index (χ3v) is 9.52. The van der Waals surface area contributed by atoms with E-state index in [4.69, 9.17) is 9.16 Å². The number of hydrogen-bond acceptors (Lipinski definition) is 7. The first-order valence-electron chi connectivity index (χ1n) is 11.6. The molecule has 0 N–H and O–H groups in total. The first kappa shape index (κ1) is 29.8. The maximum absolute atomic E-state index is 12.5. The van der Waals surface area contributed by atoms with E-state index in [0.29, 0.717) is 0 Å². The van der Waals surface area contributed by atoms with E-state index in [-0.39, 0.29) is 17.6 Å². The quantitative estimate of drug-likeness (QED) is 0.129. The van der Waals surface area contributed by atoms with Crippen LogP contribution in [0.2, 0.25) is 18.1 Å². The maximum atomic E-state index is 12.5. The largest absolute Gasteiger partial charge is 0.517 e. The predicted molar refractivity (Wildman–Crippen MR) is 126 cm³/mol. The molecule has 8 heteroatoms. The summed E-state index contributed by atoms with van der Waals surface area (Å²) in [5.41, 5.74) is 0.248. The van der Waals surface area contributed by atoms with Gasteiger partial charge in [0.15, 0.2) is 6.61 Å². The van der Waals surface area contributed by atoms with E-state index < -0.39 is 38.8 Å². The van der Waals surface area contributed by atoms with E-state index in [1.165, 1.54) is 19.9 Å². The highest BCUT2D eigenvalue weighted by Crippen LogP contribution is 2.29. The maximum Gasteiger partial charge on any atom is 0.340 e. The lowest BCUT2D eigenvalue weighted by Gasteiger charge is -2.31. The van der Waals surface area contributed by atoms with Crippen LogP contribution in [0.4, 0.5) is 0 Å². The average Bonchev–Trinajstić information content (AvgIpc) is 2.76. The lowest BCUT2D eigenvalue weighted by Crippen LogP contribution is -2.41. The normalized spacial score (nSPS) is 11.6. The molecule has 0 aromatic carbocycles. The van der Waals surface area contributed by atoms with Crippen molar-refractivity contribution in [1.29, 1.82) is 0 Å². The summed E-state index contributed by atoms with van der Waals surface area (Å²) in [5, 5.41) is 0. The van der Waals surface area contributed by atoms with E-state index in [1.54, 1.807) is 0 Å². The highest BCUT2D eigenvalue weighted by molar-refractivity contribution is 6.75. The second kappa shape index (κ2) is 16.4. The molecule has 0 aliphatic rings. The molecule has 0 aromatic heterocycles. The van der Waals surface area contributed by atoms with Gasteiger partial charge in [0.2, 0.25) is 0 Å². The van der Waals surface area contributed by atoms with Gasteiger partial charge in [-0.15, -0.1) is 0 Å². The van der Waals surface area contributed by atoms with Crippen LogP contribution in [0.5, 0.6) is 0 Å². The minimum atomic E-state index is -2.23. The molecule has 0 spiro atoms. The Balaban J connectivity index is 4.87. The fourth-order valence-electron chi connectivity index (χ4n) is 3.09. The Morgan fingerprint density at radius 2 is 1.31 bits per heavy atom. The molecule has 0 atom stereocenters. The van der Waals surface area contributed by atoms with E-state index >= 15 is 0 Å². The van der Waals surface area contributed by atoms with Gasteiger partial charge in [-0.05, 0) is 32.0 Å². The Morgan fingerprint density at radius 1 is 0.812 bits per heavy atom. The molecular formula is C24H40O7Si. The zero-order valence-electron chi connectivity index (χ0n) is 20.4. The van der Waals surface area contributed by atoms with Crippen LogP contribution >= 0.6 is 0 Å². The number of rotatable bonds is 16. The van der Waals surface area contributed by atoms with Gasteiger partial charge >= 0.3 is 23.9 Å². The summed E-state index contributed by atoms with van der Waals surface area (Å²) in [6.07, 6.45) is 7.24. The van der Waals surface area contributed by atoms with Crippen molar-refractivity contribution < 1.29 is 33.1 Å². The predicted octanol–water partition coefficient (Wildman–Crippen LogP) is 5.40. The Labute approximate surface area is 193 Å². The van der Waals surface area contributed by atoms with Crippen molar-refractivity contribution in [2.24, 2.45) is 0 Å². The molecule has 0 aliphatic carbocycles. The number of hydrogen-bond donors (Lipinski definition) is 0. The topological polar surface area (TPSA) is 96.0 Å². The molecule has 182 valence electrons. The van der Waals surface area contributed by atoms with Crippen LogP contribution in [0.3, 0.4) is 0 Å². The molecule has 0 bridgehead atoms. The summed E-state index contributed by atoms with van der Waals surface area (Å²) in [6, 6.07) is 2.81. The van der Waals surface area contributed by atoms with Crippen molar-refractivity contribution in [2.45, 2.75) is 97.7 Å². The van der Waals surface area contributed by atoms with Gasteiger partial charge in [0.1, 0.15) is 0 Å². The molecule has 0 unspecified atom stereocenters. The van der Waals surface area contributed by atoms with E-state index in [9.17, 15) is 19.2 Å². The Hall–Kier alpha value is -2.22. The summed E-state index contributed by atoms with van der Waals surface area (Å²) >= 11 is 0. The van der Waals surface area contributed by atoms with Crippen molar-refractivity contribution in [2.75, 3.05) is 6.61 Å². The first-order valence-corrected chi connectivity index (χ1v) is 14.1. The van der Waals surface area contributed by atoms with Gasteiger partial charge in [0.05, 0.1) is 6.42 Å². The van der Waals surface area contributed by atoms with Crippen LogP contribution in [-0.2, 0) is 33.1 Å². The molecule has 0 saturated heterocycles. The van der Waals surface area contributed by atoms with E-state index in [2.05, 4.69) is 32.1 Å². The second-order valence-electron chi connectivity index (χ2n) is 8.18. The molecule has 32 heavy (non-hydrogen) atoms. The summed E-state index contributed by atoms with van der Waals surface area (Å²) in [6.45, 7) is 12.2. The van der Waals surface area contributed by atoms with Gasteiger partial charge in [-0.2, -0.15) is 0 Å². The number of unbranched alkanes of at least 4 members (excludes halogenated alkanes) is 3. The van der Waals surface area contributed by atoms with Crippen molar-refractivity contribution in [1.82, 2.24) is 0 Å². The summed E-state index contributed by atoms with van der Waals surface area (Å²) in [7, 11) is -2.23. The molecule has 0 amide bonds. The lowest BCUT2D eigenvalue weighted by atomic mass is 10.2. The van der Waals surface area contributed by atoms with Gasteiger partial charge in [0, 0.05) is 11.1 Å². The van der Waals surface area contributed by atoms with E-state index in [1.807, 2.05) is 0 Å². The van der Waals surface area contributed by atoms with Crippen LogP contribution in [0.25, 0.3) is 0 Å². The van der Waals surface area contributed by atoms with Gasteiger partial charge < -0.3 is 13.9 Å². The van der Waals surface area contributed by atoms with Gasteiger partial charge in [0.25, 0.3) is 8.32 Å². The highest BCUT2D eigenvalue weighted by Gasteiger charge is 2.37. The molecule has 0 aromatic rings. The Morgan fingerprint density at radius 3 is 1.75 bits per heavy atom. The van der Waals surface area contributed by atoms with Crippen LogP contribution in [0.15, 0.2) is 23.8 Å². The van der Waals surface area contributed by atoms with Crippen molar-refractivity contribution in [3.8, 4) is 0 Å². The smallest absolute Gasteiger partial charge is 0.340 e. The zero-order chi connectivity index (χ0) is 24.6. The second-order valence-corrected chi connectivity index (χ2v) is 12.2. The molecule has 0 radical (unpaired) electrons. The minimum absolute atomic E-state index is 0.105. The Kier molecular flexibility index (Phi) is 15.3. The monoisotopic (exact) mass is 468 g/mol. The minimum Gasteiger partial charge on any atom is -0.517 e. The molecule has 0 rings (SSSR count). The molecule has 7 nitrogen and oxygen atoms in total. The Bertz CT molecular complexity index is 660. The number of ether oxygens (including phenoxy) is 2. The number of carbonyl (C=O) groups excluding carboxylic acids is 4. The molecular weight excluding hydrogens is 428 g/mol. The van der Waals surface area contributed by atoms with Crippen LogP contribution in [-0.4, -0.2) is 38.8 Å².